The molecule has 0 aromatic heterocycles. The summed E-state index contributed by atoms with van der Waals surface area (Å²) in [5.41, 5.74) is 0.784. The van der Waals surface area contributed by atoms with Crippen molar-refractivity contribution in [2.24, 2.45) is 0 Å². The lowest BCUT2D eigenvalue weighted by atomic mass is 10.0. The molecule has 4 rings (SSSR count). The van der Waals surface area contributed by atoms with Crippen molar-refractivity contribution in [1.82, 2.24) is 4.90 Å². The molecule has 1 saturated heterocycles. The minimum absolute atomic E-state index is 0.0600. The number of carbonyl (C=O) groups is 3. The van der Waals surface area contributed by atoms with Crippen LogP contribution in [0.2, 0.25) is 0 Å². The zero-order chi connectivity index (χ0) is 23.4. The van der Waals surface area contributed by atoms with Gasteiger partial charge in [0.2, 0.25) is 5.91 Å². The number of ether oxygens (including phenoxy) is 1. The second-order valence-corrected chi connectivity index (χ2v) is 8.58. The first kappa shape index (κ1) is 23.0. The standard InChI is InChI=1S/C26H29FN2O4/c1-2-33-22-15-13-21(14-16-22)29-24(30)17-23(26(29)32)28(20-7-5-3-4-6-8-20)25(31)18-9-11-19(27)12-10-18/h9-16,20,23H,2-8,17H2,1H3. The average Bonchev–Trinajstić information content (AvgIpc) is 2.98. The van der Waals surface area contributed by atoms with Gasteiger partial charge in [-0.2, -0.15) is 0 Å². The summed E-state index contributed by atoms with van der Waals surface area (Å²) in [6.45, 7) is 2.40. The molecule has 174 valence electrons. The van der Waals surface area contributed by atoms with Gasteiger partial charge < -0.3 is 9.64 Å². The van der Waals surface area contributed by atoms with E-state index in [-0.39, 0.29) is 24.3 Å². The lowest BCUT2D eigenvalue weighted by Gasteiger charge is -2.35. The number of halogens is 1. The lowest BCUT2D eigenvalue weighted by Crippen LogP contribution is -2.50. The summed E-state index contributed by atoms with van der Waals surface area (Å²) in [4.78, 5) is 42.8. The van der Waals surface area contributed by atoms with E-state index in [0.717, 1.165) is 38.5 Å². The van der Waals surface area contributed by atoms with Crippen LogP contribution in [0.25, 0.3) is 0 Å². The average molecular weight is 453 g/mol. The van der Waals surface area contributed by atoms with Crippen molar-refractivity contribution in [3.8, 4) is 5.75 Å². The number of rotatable bonds is 6. The Labute approximate surface area is 193 Å². The van der Waals surface area contributed by atoms with Crippen LogP contribution in [-0.4, -0.2) is 41.3 Å². The van der Waals surface area contributed by atoms with Crippen molar-refractivity contribution in [2.75, 3.05) is 11.5 Å². The van der Waals surface area contributed by atoms with Gasteiger partial charge in [-0.15, -0.1) is 0 Å². The molecule has 0 N–H and O–H groups in total. The van der Waals surface area contributed by atoms with Crippen LogP contribution in [0, 0.1) is 5.82 Å². The number of benzene rings is 2. The Morgan fingerprint density at radius 2 is 1.64 bits per heavy atom. The van der Waals surface area contributed by atoms with Crippen LogP contribution in [0.1, 0.15) is 62.2 Å². The number of nitrogens with zero attached hydrogens (tertiary/aromatic N) is 2. The van der Waals surface area contributed by atoms with Gasteiger partial charge in [0.25, 0.3) is 11.8 Å². The van der Waals surface area contributed by atoms with Crippen molar-refractivity contribution >= 4 is 23.4 Å². The Morgan fingerprint density at radius 1 is 1.00 bits per heavy atom. The number of carbonyl (C=O) groups excluding carboxylic acids is 3. The predicted octanol–water partition coefficient (Wildman–Crippen LogP) is 4.72. The van der Waals surface area contributed by atoms with Crippen LogP contribution in [0.15, 0.2) is 48.5 Å². The van der Waals surface area contributed by atoms with Crippen molar-refractivity contribution in [3.63, 3.8) is 0 Å². The Morgan fingerprint density at radius 3 is 2.24 bits per heavy atom. The van der Waals surface area contributed by atoms with Gasteiger partial charge in [-0.25, -0.2) is 9.29 Å². The number of hydrogen-bond donors (Lipinski definition) is 0. The third-order valence-electron chi connectivity index (χ3n) is 6.41. The van der Waals surface area contributed by atoms with Crippen LogP contribution in [-0.2, 0) is 9.59 Å². The van der Waals surface area contributed by atoms with E-state index in [1.807, 2.05) is 6.92 Å². The minimum atomic E-state index is -0.871. The summed E-state index contributed by atoms with van der Waals surface area (Å²) in [6.07, 6.45) is 5.62. The molecule has 2 aromatic carbocycles. The molecule has 1 atom stereocenters. The molecule has 1 aliphatic heterocycles. The zero-order valence-electron chi connectivity index (χ0n) is 18.8. The lowest BCUT2D eigenvalue weighted by molar-refractivity contribution is -0.123. The highest BCUT2D eigenvalue weighted by Crippen LogP contribution is 2.32. The van der Waals surface area contributed by atoms with Crippen molar-refractivity contribution in [2.45, 2.75) is 64.0 Å². The van der Waals surface area contributed by atoms with Crippen molar-refractivity contribution in [1.29, 1.82) is 0 Å². The molecule has 0 radical (unpaired) electrons. The van der Waals surface area contributed by atoms with Gasteiger partial charge in [0, 0.05) is 11.6 Å². The topological polar surface area (TPSA) is 66.9 Å². The van der Waals surface area contributed by atoms with Crippen LogP contribution in [0.3, 0.4) is 0 Å². The monoisotopic (exact) mass is 452 g/mol. The molecule has 2 aliphatic rings. The Bertz CT molecular complexity index is 998. The highest BCUT2D eigenvalue weighted by molar-refractivity contribution is 6.23. The number of amides is 3. The molecule has 1 heterocycles. The van der Waals surface area contributed by atoms with Gasteiger partial charge >= 0.3 is 0 Å². The SMILES string of the molecule is CCOc1ccc(N2C(=O)CC(N(C(=O)c3ccc(F)cc3)C3CCCCCC3)C2=O)cc1. The molecule has 1 unspecified atom stereocenters. The molecule has 6 nitrogen and oxygen atoms in total. The van der Waals surface area contributed by atoms with Crippen LogP contribution in [0.4, 0.5) is 10.1 Å². The first-order chi connectivity index (χ1) is 16.0. The largest absolute Gasteiger partial charge is 0.494 e. The molecule has 2 fully saturated rings. The summed E-state index contributed by atoms with van der Waals surface area (Å²) >= 11 is 0. The molecular weight excluding hydrogens is 423 g/mol. The van der Waals surface area contributed by atoms with Gasteiger partial charge in [-0.05, 0) is 68.3 Å². The van der Waals surface area contributed by atoms with E-state index < -0.39 is 17.8 Å². The first-order valence-electron chi connectivity index (χ1n) is 11.7. The molecule has 3 amide bonds. The summed E-state index contributed by atoms with van der Waals surface area (Å²) in [5, 5.41) is 0. The summed E-state index contributed by atoms with van der Waals surface area (Å²) < 4.78 is 18.9. The third kappa shape index (κ3) is 4.92. The van der Waals surface area contributed by atoms with E-state index in [1.165, 1.54) is 29.2 Å². The maximum atomic E-state index is 13.6. The van der Waals surface area contributed by atoms with E-state index >= 15 is 0 Å². The fraction of sp³-hybridized carbons (Fsp3) is 0.423. The van der Waals surface area contributed by atoms with Crippen LogP contribution < -0.4 is 9.64 Å². The fourth-order valence-electron chi connectivity index (χ4n) is 4.80. The van der Waals surface area contributed by atoms with E-state index in [2.05, 4.69) is 0 Å². The van der Waals surface area contributed by atoms with Crippen molar-refractivity contribution < 1.29 is 23.5 Å². The normalized spacial score (nSPS) is 19.5. The van der Waals surface area contributed by atoms with Gasteiger partial charge in [-0.3, -0.25) is 14.4 Å². The van der Waals surface area contributed by atoms with Gasteiger partial charge in [0.1, 0.15) is 17.6 Å². The highest BCUT2D eigenvalue weighted by Gasteiger charge is 2.46. The molecule has 0 bridgehead atoms. The summed E-state index contributed by atoms with van der Waals surface area (Å²) in [5.74, 6) is -0.838. The zero-order valence-corrected chi connectivity index (χ0v) is 18.8. The Kier molecular flexibility index (Phi) is 7.06. The molecule has 33 heavy (non-hydrogen) atoms. The summed E-state index contributed by atoms with van der Waals surface area (Å²) in [7, 11) is 0. The number of anilines is 1. The van der Waals surface area contributed by atoms with E-state index in [4.69, 9.17) is 4.74 Å². The molecule has 2 aromatic rings. The first-order valence-corrected chi connectivity index (χ1v) is 11.7. The number of hydrogen-bond acceptors (Lipinski definition) is 4. The summed E-state index contributed by atoms with van der Waals surface area (Å²) in [6, 6.07) is 11.2. The van der Waals surface area contributed by atoms with Gasteiger partial charge in [0.15, 0.2) is 0 Å². The van der Waals surface area contributed by atoms with Gasteiger partial charge in [0.05, 0.1) is 18.7 Å². The highest BCUT2D eigenvalue weighted by atomic mass is 19.1. The second kappa shape index (κ2) is 10.1. The predicted molar refractivity (Wildman–Crippen MR) is 123 cm³/mol. The van der Waals surface area contributed by atoms with Crippen LogP contribution in [0.5, 0.6) is 5.75 Å². The Hall–Kier alpha value is -3.22. The second-order valence-electron chi connectivity index (χ2n) is 8.58. The molecule has 0 spiro atoms. The van der Waals surface area contributed by atoms with E-state index in [0.29, 0.717) is 23.6 Å². The maximum absolute atomic E-state index is 13.6. The smallest absolute Gasteiger partial charge is 0.257 e. The van der Waals surface area contributed by atoms with Crippen molar-refractivity contribution in [3.05, 3.63) is 59.9 Å². The molecule has 1 saturated carbocycles. The Balaban J connectivity index is 1.64. The molecular formula is C26H29FN2O4. The van der Waals surface area contributed by atoms with Gasteiger partial charge in [-0.1, -0.05) is 25.7 Å². The fourth-order valence-corrected chi connectivity index (χ4v) is 4.80. The number of imide groups is 1. The molecule has 7 heteroatoms. The van der Waals surface area contributed by atoms with Crippen LogP contribution >= 0.6 is 0 Å². The minimum Gasteiger partial charge on any atom is -0.494 e. The maximum Gasteiger partial charge on any atom is 0.257 e. The third-order valence-corrected chi connectivity index (χ3v) is 6.41. The molecule has 1 aliphatic carbocycles. The van der Waals surface area contributed by atoms with E-state index in [9.17, 15) is 18.8 Å². The van der Waals surface area contributed by atoms with E-state index in [1.54, 1.807) is 29.2 Å². The quantitative estimate of drug-likeness (QED) is 0.470.